The van der Waals surface area contributed by atoms with E-state index in [4.69, 9.17) is 0 Å². The van der Waals surface area contributed by atoms with Crippen molar-refractivity contribution in [3.63, 3.8) is 0 Å². The van der Waals surface area contributed by atoms with Gasteiger partial charge in [0.15, 0.2) is 5.78 Å². The molecule has 0 aliphatic heterocycles. The Balaban J connectivity index is 2.64. The van der Waals surface area contributed by atoms with Crippen LogP contribution >= 0.6 is 15.9 Å². The van der Waals surface area contributed by atoms with Crippen molar-refractivity contribution in [2.75, 3.05) is 0 Å². The Morgan fingerprint density at radius 1 is 1.50 bits per heavy atom. The van der Waals surface area contributed by atoms with Gasteiger partial charge in [-0.2, -0.15) is 0 Å². The van der Waals surface area contributed by atoms with Crippen LogP contribution in [0.4, 0.5) is 0 Å². The van der Waals surface area contributed by atoms with E-state index in [0.29, 0.717) is 6.42 Å². The predicted molar refractivity (Wildman–Crippen MR) is 63.1 cm³/mol. The summed E-state index contributed by atoms with van der Waals surface area (Å²) in [4.78, 5) is 11.2. The lowest BCUT2D eigenvalue weighted by atomic mass is 10.1. The molecule has 0 heterocycles. The van der Waals surface area contributed by atoms with Crippen LogP contribution in [0.1, 0.15) is 25.3 Å². The van der Waals surface area contributed by atoms with Gasteiger partial charge in [-0.1, -0.05) is 41.1 Å². The smallest absolute Gasteiger partial charge is 0.155 e. The minimum Gasteiger partial charge on any atom is -0.295 e. The van der Waals surface area contributed by atoms with Gasteiger partial charge in [-0.15, -0.1) is 0 Å². The Hall–Kier alpha value is -0.890. The molecule has 74 valence electrons. The minimum atomic E-state index is 0.187. The average Bonchev–Trinajstić information content (AvgIpc) is 2.15. The summed E-state index contributed by atoms with van der Waals surface area (Å²) >= 11 is 3.38. The van der Waals surface area contributed by atoms with Gasteiger partial charge in [-0.05, 0) is 30.2 Å². The first kappa shape index (κ1) is 11.2. The molecule has 0 fully saturated rings. The van der Waals surface area contributed by atoms with E-state index in [1.165, 1.54) is 0 Å². The van der Waals surface area contributed by atoms with Gasteiger partial charge in [-0.25, -0.2) is 0 Å². The Morgan fingerprint density at radius 3 is 2.93 bits per heavy atom. The molecule has 0 radical (unpaired) electrons. The van der Waals surface area contributed by atoms with Crippen LogP contribution < -0.4 is 0 Å². The van der Waals surface area contributed by atoms with Crippen LogP contribution in [0.5, 0.6) is 0 Å². The van der Waals surface area contributed by atoms with Crippen LogP contribution in [0.25, 0.3) is 6.08 Å². The molecule has 0 amide bonds. The third-order valence-corrected chi connectivity index (χ3v) is 2.30. The van der Waals surface area contributed by atoms with Gasteiger partial charge in [0.05, 0.1) is 0 Å². The van der Waals surface area contributed by atoms with E-state index in [1.807, 2.05) is 37.3 Å². The monoisotopic (exact) mass is 252 g/mol. The molecular formula is C12H13BrO. The quantitative estimate of drug-likeness (QED) is 0.745. The summed E-state index contributed by atoms with van der Waals surface area (Å²) in [6.07, 6.45) is 5.03. The third-order valence-electron chi connectivity index (χ3n) is 1.81. The molecule has 0 atom stereocenters. The van der Waals surface area contributed by atoms with Crippen LogP contribution in [0.3, 0.4) is 0 Å². The molecule has 0 aliphatic carbocycles. The molecule has 0 bridgehead atoms. The second-order valence-electron chi connectivity index (χ2n) is 3.10. The highest BCUT2D eigenvalue weighted by molar-refractivity contribution is 9.10. The van der Waals surface area contributed by atoms with E-state index < -0.39 is 0 Å². The molecule has 2 heteroatoms. The highest BCUT2D eigenvalue weighted by Gasteiger charge is 1.93. The number of allylic oxidation sites excluding steroid dienone is 1. The van der Waals surface area contributed by atoms with Crippen LogP contribution in [0.2, 0.25) is 0 Å². The van der Waals surface area contributed by atoms with E-state index >= 15 is 0 Å². The van der Waals surface area contributed by atoms with Crippen molar-refractivity contribution in [1.82, 2.24) is 0 Å². The van der Waals surface area contributed by atoms with Crippen LogP contribution in [-0.2, 0) is 4.79 Å². The van der Waals surface area contributed by atoms with Gasteiger partial charge in [0, 0.05) is 10.9 Å². The van der Waals surface area contributed by atoms with Crippen molar-refractivity contribution in [2.45, 2.75) is 19.8 Å². The van der Waals surface area contributed by atoms with Crippen molar-refractivity contribution >= 4 is 27.8 Å². The third kappa shape index (κ3) is 3.88. The molecule has 0 saturated heterocycles. The van der Waals surface area contributed by atoms with Gasteiger partial charge in [0.1, 0.15) is 0 Å². The van der Waals surface area contributed by atoms with Crippen LogP contribution in [0, 0.1) is 0 Å². The van der Waals surface area contributed by atoms with Crippen LogP contribution in [-0.4, -0.2) is 5.78 Å². The largest absolute Gasteiger partial charge is 0.295 e. The lowest BCUT2D eigenvalue weighted by molar-refractivity contribution is -0.114. The Labute approximate surface area is 93.0 Å². The maximum absolute atomic E-state index is 11.2. The number of hydrogen-bond donors (Lipinski definition) is 0. The normalized spacial score (nSPS) is 10.7. The second-order valence-corrected chi connectivity index (χ2v) is 4.02. The molecular weight excluding hydrogens is 240 g/mol. The lowest BCUT2D eigenvalue weighted by Gasteiger charge is -1.94. The first-order valence-corrected chi connectivity index (χ1v) is 5.48. The van der Waals surface area contributed by atoms with Crippen molar-refractivity contribution < 1.29 is 4.79 Å². The maximum atomic E-state index is 11.2. The van der Waals surface area contributed by atoms with Crippen molar-refractivity contribution in [2.24, 2.45) is 0 Å². The Kier molecular flexibility index (Phi) is 4.60. The van der Waals surface area contributed by atoms with E-state index in [9.17, 15) is 4.79 Å². The molecule has 1 aromatic rings. The number of hydrogen-bond acceptors (Lipinski definition) is 1. The van der Waals surface area contributed by atoms with Crippen LogP contribution in [0.15, 0.2) is 34.8 Å². The molecule has 1 aromatic carbocycles. The fourth-order valence-electron chi connectivity index (χ4n) is 1.13. The van der Waals surface area contributed by atoms with Gasteiger partial charge >= 0.3 is 0 Å². The van der Waals surface area contributed by atoms with Gasteiger partial charge in [0.25, 0.3) is 0 Å². The van der Waals surface area contributed by atoms with E-state index in [0.717, 1.165) is 16.5 Å². The fourth-order valence-corrected chi connectivity index (χ4v) is 1.55. The maximum Gasteiger partial charge on any atom is 0.155 e. The van der Waals surface area contributed by atoms with Crippen molar-refractivity contribution in [1.29, 1.82) is 0 Å². The minimum absolute atomic E-state index is 0.187. The van der Waals surface area contributed by atoms with Crippen molar-refractivity contribution in [3.05, 3.63) is 40.4 Å². The zero-order chi connectivity index (χ0) is 10.4. The summed E-state index contributed by atoms with van der Waals surface area (Å²) in [5.74, 6) is 0.187. The summed E-state index contributed by atoms with van der Waals surface area (Å²) in [5.41, 5.74) is 1.05. The summed E-state index contributed by atoms with van der Waals surface area (Å²) in [5, 5.41) is 0. The molecule has 1 nitrogen and oxygen atoms in total. The highest BCUT2D eigenvalue weighted by Crippen LogP contribution is 2.12. The molecule has 0 spiro atoms. The summed E-state index contributed by atoms with van der Waals surface area (Å²) < 4.78 is 1.03. The molecule has 0 unspecified atom stereocenters. The summed E-state index contributed by atoms with van der Waals surface area (Å²) in [6.45, 7) is 2.00. The summed E-state index contributed by atoms with van der Waals surface area (Å²) in [6, 6.07) is 7.87. The van der Waals surface area contributed by atoms with Gasteiger partial charge < -0.3 is 0 Å². The number of benzene rings is 1. The number of carbonyl (C=O) groups is 1. The molecule has 14 heavy (non-hydrogen) atoms. The average molecular weight is 253 g/mol. The van der Waals surface area contributed by atoms with Gasteiger partial charge in [-0.3, -0.25) is 4.79 Å². The predicted octanol–water partition coefficient (Wildman–Crippen LogP) is 3.83. The highest BCUT2D eigenvalue weighted by atomic mass is 79.9. The van der Waals surface area contributed by atoms with E-state index in [-0.39, 0.29) is 5.78 Å². The van der Waals surface area contributed by atoms with Crippen molar-refractivity contribution in [3.8, 4) is 0 Å². The molecule has 0 aliphatic rings. The first-order valence-electron chi connectivity index (χ1n) is 4.69. The Bertz CT molecular complexity index is 342. The Morgan fingerprint density at radius 2 is 2.29 bits per heavy atom. The zero-order valence-corrected chi connectivity index (χ0v) is 9.75. The molecule has 0 N–H and O–H groups in total. The molecule has 1 rings (SSSR count). The number of ketones is 1. The fraction of sp³-hybridized carbons (Fsp3) is 0.250. The SMILES string of the molecule is CCCC(=O)/C=C/c1cccc(Br)c1. The molecule has 0 saturated carbocycles. The first-order chi connectivity index (χ1) is 6.72. The number of rotatable bonds is 4. The van der Waals surface area contributed by atoms with Gasteiger partial charge in [0.2, 0.25) is 0 Å². The molecule has 0 aromatic heterocycles. The standard InChI is InChI=1S/C12H13BrO/c1-2-4-12(14)8-7-10-5-3-6-11(13)9-10/h3,5-9H,2,4H2,1H3/b8-7+. The summed E-state index contributed by atoms with van der Waals surface area (Å²) in [7, 11) is 0. The number of carbonyl (C=O) groups excluding carboxylic acids is 1. The topological polar surface area (TPSA) is 17.1 Å². The second kappa shape index (κ2) is 5.76. The number of halogens is 1. The van der Waals surface area contributed by atoms with E-state index in [1.54, 1.807) is 6.08 Å². The lowest BCUT2D eigenvalue weighted by Crippen LogP contribution is -1.89. The zero-order valence-electron chi connectivity index (χ0n) is 8.16. The van der Waals surface area contributed by atoms with E-state index in [2.05, 4.69) is 15.9 Å².